The number of ether oxygens (including phenoxy) is 2. The van der Waals surface area contributed by atoms with Gasteiger partial charge in [0.15, 0.2) is 0 Å². The lowest BCUT2D eigenvalue weighted by Crippen LogP contribution is -2.30. The zero-order valence-corrected chi connectivity index (χ0v) is 19.8. The van der Waals surface area contributed by atoms with Crippen molar-refractivity contribution in [1.29, 1.82) is 0 Å². The minimum atomic E-state index is -0.559. The maximum atomic E-state index is 12.2. The van der Waals surface area contributed by atoms with Gasteiger partial charge >= 0.3 is 6.09 Å². The Bertz CT molecular complexity index is 1570. The van der Waals surface area contributed by atoms with Gasteiger partial charge in [0, 0.05) is 23.8 Å². The van der Waals surface area contributed by atoms with Crippen LogP contribution < -0.4 is 15.6 Å². The molecule has 9 heteroatoms. The molecule has 0 atom stereocenters. The van der Waals surface area contributed by atoms with Gasteiger partial charge < -0.3 is 14.6 Å². The van der Waals surface area contributed by atoms with Crippen LogP contribution in [0.2, 0.25) is 0 Å². The summed E-state index contributed by atoms with van der Waals surface area (Å²) in [6, 6.07) is 17.0. The van der Waals surface area contributed by atoms with Gasteiger partial charge in [-0.25, -0.2) is 14.9 Å². The molecule has 0 saturated carbocycles. The van der Waals surface area contributed by atoms with Crippen LogP contribution >= 0.6 is 0 Å². The first-order valence-electron chi connectivity index (χ1n) is 11.3. The van der Waals surface area contributed by atoms with E-state index >= 15 is 0 Å². The van der Waals surface area contributed by atoms with E-state index in [1.165, 1.54) is 7.11 Å². The summed E-state index contributed by atoms with van der Waals surface area (Å²) in [5.41, 5.74) is 5.46. The van der Waals surface area contributed by atoms with E-state index < -0.39 is 6.09 Å². The van der Waals surface area contributed by atoms with Crippen LogP contribution in [0.3, 0.4) is 0 Å². The number of nitrogens with zero attached hydrogens (tertiary/aromatic N) is 2. The largest absolute Gasteiger partial charge is 0.496 e. The molecule has 0 fully saturated rings. The highest BCUT2D eigenvalue weighted by molar-refractivity contribution is 6.01. The van der Waals surface area contributed by atoms with Gasteiger partial charge in [0.2, 0.25) is 0 Å². The van der Waals surface area contributed by atoms with Crippen molar-refractivity contribution in [2.24, 2.45) is 4.99 Å². The molecule has 182 valence electrons. The van der Waals surface area contributed by atoms with E-state index in [1.807, 2.05) is 48.5 Å². The molecule has 9 nitrogen and oxygen atoms in total. The van der Waals surface area contributed by atoms with Crippen molar-refractivity contribution in [3.63, 3.8) is 0 Å². The Labute approximate surface area is 206 Å². The first kappa shape index (κ1) is 23.3. The smallest absolute Gasteiger partial charge is 0.412 e. The zero-order valence-electron chi connectivity index (χ0n) is 19.8. The minimum absolute atomic E-state index is 0.176. The molecule has 0 spiro atoms. The van der Waals surface area contributed by atoms with Crippen molar-refractivity contribution < 1.29 is 19.4 Å². The van der Waals surface area contributed by atoms with Gasteiger partial charge in [-0.3, -0.25) is 10.1 Å². The normalized spacial score (nSPS) is 12.2. The number of carbonyl (C=O) groups is 1. The molecule has 0 bridgehead atoms. The van der Waals surface area contributed by atoms with E-state index in [2.05, 4.69) is 25.2 Å². The molecule has 0 unspecified atom stereocenters. The Kier molecular flexibility index (Phi) is 6.22. The van der Waals surface area contributed by atoms with Crippen molar-refractivity contribution in [3.05, 3.63) is 87.3 Å². The standard InChI is InChI=1S/C27H24N4O5/c1-35-24-12-18(14-32)17(11-23-19-5-3-4-6-20(19)26(33)31-30-23)9-21(24)15-7-8-16-13-25(28-22(16)10-15)29-27(34)36-2/h3-10,12,32H,11,13-14H2,1-2H3,(H,31,33)(H,28,29,34). The molecular formula is C27H24N4O5. The number of amidine groups is 1. The van der Waals surface area contributed by atoms with Crippen LogP contribution in [0.4, 0.5) is 10.5 Å². The number of fused-ring (bicyclic) bond motifs is 2. The monoisotopic (exact) mass is 484 g/mol. The fourth-order valence-corrected chi connectivity index (χ4v) is 4.45. The Morgan fingerprint density at radius 3 is 2.64 bits per heavy atom. The number of nitrogens with one attached hydrogen (secondary N) is 2. The SMILES string of the molecule is COC(=O)NC1=Nc2cc(-c3cc(Cc4n[nH]c(=O)c5ccccc45)c(CO)cc3OC)ccc2C1. The topological polar surface area (TPSA) is 126 Å². The van der Waals surface area contributed by atoms with Crippen LogP contribution in [-0.4, -0.2) is 41.5 Å². The Morgan fingerprint density at radius 2 is 1.89 bits per heavy atom. The number of rotatable bonds is 5. The highest BCUT2D eigenvalue weighted by Gasteiger charge is 2.20. The predicted molar refractivity (Wildman–Crippen MR) is 136 cm³/mol. The molecule has 5 rings (SSSR count). The second kappa shape index (κ2) is 9.63. The van der Waals surface area contributed by atoms with Crippen LogP contribution in [0, 0.1) is 0 Å². The lowest BCUT2D eigenvalue weighted by Gasteiger charge is -2.16. The lowest BCUT2D eigenvalue weighted by molar-refractivity contribution is 0.176. The van der Waals surface area contributed by atoms with Gasteiger partial charge in [-0.2, -0.15) is 5.10 Å². The summed E-state index contributed by atoms with van der Waals surface area (Å²) in [5, 5.41) is 20.9. The van der Waals surface area contributed by atoms with Crippen molar-refractivity contribution in [2.45, 2.75) is 19.4 Å². The molecule has 1 amide bonds. The molecule has 1 aliphatic heterocycles. The number of aliphatic hydroxyl groups is 1. The second-order valence-electron chi connectivity index (χ2n) is 8.40. The van der Waals surface area contributed by atoms with Crippen LogP contribution in [-0.2, 0) is 24.2 Å². The minimum Gasteiger partial charge on any atom is -0.496 e. The van der Waals surface area contributed by atoms with Gasteiger partial charge in [-0.05, 0) is 46.5 Å². The number of H-pyrrole nitrogens is 1. The molecule has 0 saturated heterocycles. The van der Waals surface area contributed by atoms with Gasteiger partial charge in [-0.15, -0.1) is 0 Å². The predicted octanol–water partition coefficient (Wildman–Crippen LogP) is 3.62. The highest BCUT2D eigenvalue weighted by Crippen LogP contribution is 2.38. The van der Waals surface area contributed by atoms with Gasteiger partial charge in [0.25, 0.3) is 5.56 Å². The molecule has 1 aliphatic rings. The number of aromatic amines is 1. The van der Waals surface area contributed by atoms with E-state index in [0.717, 1.165) is 33.3 Å². The van der Waals surface area contributed by atoms with E-state index in [-0.39, 0.29) is 12.2 Å². The number of alkyl carbamates (subject to hydrolysis) is 1. The molecular weight excluding hydrogens is 460 g/mol. The van der Waals surface area contributed by atoms with Gasteiger partial charge in [0.05, 0.1) is 37.6 Å². The lowest BCUT2D eigenvalue weighted by atomic mass is 9.93. The summed E-state index contributed by atoms with van der Waals surface area (Å²) in [5.74, 6) is 1.13. The molecule has 1 aromatic heterocycles. The van der Waals surface area contributed by atoms with E-state index in [4.69, 9.17) is 4.74 Å². The maximum absolute atomic E-state index is 12.2. The Balaban J connectivity index is 1.56. The van der Waals surface area contributed by atoms with Crippen LogP contribution in [0.1, 0.15) is 22.4 Å². The number of benzene rings is 3. The quantitative estimate of drug-likeness (QED) is 0.397. The summed E-state index contributed by atoms with van der Waals surface area (Å²) in [7, 11) is 2.89. The van der Waals surface area contributed by atoms with Crippen LogP contribution in [0.5, 0.6) is 5.75 Å². The van der Waals surface area contributed by atoms with E-state index in [9.17, 15) is 14.7 Å². The van der Waals surface area contributed by atoms with Crippen LogP contribution in [0.15, 0.2) is 64.4 Å². The molecule has 2 heterocycles. The molecule has 3 aromatic carbocycles. The summed E-state index contributed by atoms with van der Waals surface area (Å²) in [6.07, 6.45) is 0.346. The average molecular weight is 485 g/mol. The van der Waals surface area contributed by atoms with E-state index in [1.54, 1.807) is 13.2 Å². The fourth-order valence-electron chi connectivity index (χ4n) is 4.45. The zero-order chi connectivity index (χ0) is 25.2. The maximum Gasteiger partial charge on any atom is 0.412 e. The van der Waals surface area contributed by atoms with Gasteiger partial charge in [-0.1, -0.05) is 30.3 Å². The number of aliphatic imine (C=N–C) groups is 1. The third-order valence-corrected chi connectivity index (χ3v) is 6.27. The van der Waals surface area contributed by atoms with Crippen molar-refractivity contribution in [3.8, 4) is 16.9 Å². The average Bonchev–Trinajstić information content (AvgIpc) is 3.31. The number of aliphatic hydroxyl groups excluding tert-OH is 1. The highest BCUT2D eigenvalue weighted by atomic mass is 16.5. The molecule has 36 heavy (non-hydrogen) atoms. The third kappa shape index (κ3) is 4.32. The molecule has 0 aliphatic carbocycles. The summed E-state index contributed by atoms with van der Waals surface area (Å²) < 4.78 is 10.3. The molecule has 3 N–H and O–H groups in total. The number of hydrogen-bond donors (Lipinski definition) is 3. The summed E-state index contributed by atoms with van der Waals surface area (Å²) in [6.45, 7) is -0.176. The Morgan fingerprint density at radius 1 is 1.08 bits per heavy atom. The number of methoxy groups -OCH3 is 2. The number of hydrogen-bond acceptors (Lipinski definition) is 7. The van der Waals surface area contributed by atoms with Crippen molar-refractivity contribution in [2.75, 3.05) is 14.2 Å². The number of aromatic nitrogens is 2. The number of carbonyl (C=O) groups excluding carboxylic acids is 1. The fraction of sp³-hybridized carbons (Fsp3) is 0.185. The third-order valence-electron chi connectivity index (χ3n) is 6.27. The van der Waals surface area contributed by atoms with Crippen molar-refractivity contribution >= 4 is 28.4 Å². The van der Waals surface area contributed by atoms with E-state index in [0.29, 0.717) is 41.1 Å². The summed E-state index contributed by atoms with van der Waals surface area (Å²) in [4.78, 5) is 28.3. The first-order chi connectivity index (χ1) is 17.5. The molecule has 4 aromatic rings. The second-order valence-corrected chi connectivity index (χ2v) is 8.40. The van der Waals surface area contributed by atoms with Crippen LogP contribution in [0.25, 0.3) is 21.9 Å². The summed E-state index contributed by atoms with van der Waals surface area (Å²) >= 11 is 0. The van der Waals surface area contributed by atoms with Crippen molar-refractivity contribution in [1.82, 2.24) is 15.5 Å². The first-order valence-corrected chi connectivity index (χ1v) is 11.3. The molecule has 0 radical (unpaired) electrons. The Hall–Kier alpha value is -4.50. The van der Waals surface area contributed by atoms with Gasteiger partial charge in [0.1, 0.15) is 11.6 Å². The number of amides is 1.